The number of carbonyl (C=O) groups is 2. The number of fused-ring (bicyclic) bond motifs is 3. The largest absolute Gasteiger partial charge is 0.496 e. The number of benzene rings is 5. The third kappa shape index (κ3) is 15.7. The fourth-order valence-corrected chi connectivity index (χ4v) is 13.0. The molecule has 0 fully saturated rings. The molecular weight excluding hydrogens is 1010 g/mol. The number of Topliss-reactive ketones (excluding diaryl/α,β-unsaturated/α-hetero) is 1. The highest BCUT2D eigenvalue weighted by atomic mass is 32.1. The first kappa shape index (κ1) is 58.7. The Morgan fingerprint density at radius 3 is 1.38 bits per heavy atom. The van der Waals surface area contributed by atoms with Crippen LogP contribution in [0.2, 0.25) is 0 Å². The van der Waals surface area contributed by atoms with Gasteiger partial charge >= 0.3 is 5.97 Å². The smallest absolute Gasteiger partial charge is 0.338 e. The molecule has 7 aromatic rings. The van der Waals surface area contributed by atoms with Crippen LogP contribution in [0.5, 0.6) is 23.0 Å². The number of rotatable bonds is 33. The summed E-state index contributed by atoms with van der Waals surface area (Å²) in [4.78, 5) is 29.5. The van der Waals surface area contributed by atoms with Crippen LogP contribution in [0, 0.1) is 0 Å². The Hall–Kier alpha value is -6.48. The van der Waals surface area contributed by atoms with Gasteiger partial charge in [-0.15, -0.1) is 22.7 Å². The molecular formula is C71H82O6S2. The molecule has 0 amide bonds. The zero-order valence-electron chi connectivity index (χ0n) is 47.7. The molecule has 8 heteroatoms. The zero-order valence-corrected chi connectivity index (χ0v) is 49.3. The average Bonchev–Trinajstić information content (AvgIpc) is 4.18. The minimum Gasteiger partial charge on any atom is -0.496 e. The van der Waals surface area contributed by atoms with Crippen molar-refractivity contribution in [1.29, 1.82) is 0 Å². The van der Waals surface area contributed by atoms with Crippen LogP contribution in [0.4, 0.5) is 0 Å². The van der Waals surface area contributed by atoms with E-state index in [1.54, 1.807) is 39.2 Å². The normalized spacial score (nSPS) is 12.2. The molecule has 0 spiro atoms. The Kier molecular flexibility index (Phi) is 21.6. The molecule has 0 atom stereocenters. The summed E-state index contributed by atoms with van der Waals surface area (Å²) < 4.78 is 22.9. The first-order chi connectivity index (χ1) is 38.5. The highest BCUT2D eigenvalue weighted by Crippen LogP contribution is 2.56. The summed E-state index contributed by atoms with van der Waals surface area (Å²) in [6, 6.07) is 46.2. The van der Waals surface area contributed by atoms with Gasteiger partial charge in [0.15, 0.2) is 5.78 Å². The van der Waals surface area contributed by atoms with Gasteiger partial charge < -0.3 is 18.9 Å². The van der Waals surface area contributed by atoms with Gasteiger partial charge in [-0.25, -0.2) is 4.79 Å². The Morgan fingerprint density at radius 2 is 0.886 bits per heavy atom. The van der Waals surface area contributed by atoms with E-state index in [0.29, 0.717) is 48.0 Å². The quantitative estimate of drug-likeness (QED) is 0.0177. The summed E-state index contributed by atoms with van der Waals surface area (Å²) in [5, 5.41) is 0. The third-order valence-electron chi connectivity index (χ3n) is 15.5. The van der Waals surface area contributed by atoms with E-state index < -0.39 is 5.97 Å². The number of thiophene rings is 2. The Balaban J connectivity index is 0.902. The van der Waals surface area contributed by atoms with Crippen LogP contribution in [-0.4, -0.2) is 32.1 Å². The first-order valence-corrected chi connectivity index (χ1v) is 30.8. The van der Waals surface area contributed by atoms with E-state index in [4.69, 9.17) is 18.9 Å². The van der Waals surface area contributed by atoms with Crippen molar-refractivity contribution in [2.45, 2.75) is 155 Å². The van der Waals surface area contributed by atoms with Crippen LogP contribution in [0.3, 0.4) is 0 Å². The molecule has 6 nitrogen and oxygen atoms in total. The van der Waals surface area contributed by atoms with Gasteiger partial charge in [-0.3, -0.25) is 4.79 Å². The standard InChI is InChI=1S/C71H82O6S2/c1-8-10-12-16-20-40-71(41-21-17-13-11-9-2)63-45-55(68-38-36-66(78-68)53-26-24-52(25-27-53)44-65(72)50(3)4)30-34-61(63)62-35-31-56(46-64(62)71)69-39-37-67(79-69)54-28-32-57(33-29-54)75-42-22-18-14-15-19-23-43-76-59-47-58(74-7)48-60(49-59)77-70(73)51(5)6/h24-39,45-49H,3,5,8-23,40-44H2,1-2,4,6-7H3. The van der Waals surface area contributed by atoms with Crippen molar-refractivity contribution in [3.8, 4) is 75.9 Å². The Morgan fingerprint density at radius 1 is 0.456 bits per heavy atom. The highest BCUT2D eigenvalue weighted by molar-refractivity contribution is 7.19. The van der Waals surface area contributed by atoms with Crippen molar-refractivity contribution < 1.29 is 28.5 Å². The second kappa shape index (κ2) is 29.1. The van der Waals surface area contributed by atoms with E-state index in [1.807, 2.05) is 22.7 Å². The molecule has 414 valence electrons. The van der Waals surface area contributed by atoms with Crippen LogP contribution in [0.15, 0.2) is 152 Å². The minimum atomic E-state index is -0.477. The predicted octanol–water partition coefficient (Wildman–Crippen LogP) is 20.4. The molecule has 0 saturated heterocycles. The maximum atomic E-state index is 12.4. The van der Waals surface area contributed by atoms with Gasteiger partial charge in [0.05, 0.1) is 20.3 Å². The van der Waals surface area contributed by atoms with E-state index in [2.05, 4.69) is 136 Å². The van der Waals surface area contributed by atoms with E-state index in [1.165, 1.54) is 141 Å². The van der Waals surface area contributed by atoms with Crippen LogP contribution in [0.1, 0.15) is 160 Å². The van der Waals surface area contributed by atoms with E-state index in [9.17, 15) is 9.59 Å². The molecule has 79 heavy (non-hydrogen) atoms. The van der Waals surface area contributed by atoms with E-state index in [0.717, 1.165) is 49.8 Å². The zero-order chi connectivity index (χ0) is 55.6. The maximum absolute atomic E-state index is 12.4. The number of hydrogen-bond donors (Lipinski definition) is 0. The number of hydrogen-bond acceptors (Lipinski definition) is 8. The molecule has 2 heterocycles. The van der Waals surface area contributed by atoms with E-state index >= 15 is 0 Å². The summed E-state index contributed by atoms with van der Waals surface area (Å²) in [5.74, 6) is 2.08. The molecule has 0 aliphatic heterocycles. The number of ketones is 1. The topological polar surface area (TPSA) is 71.1 Å². The molecule has 1 aliphatic rings. The van der Waals surface area contributed by atoms with Gasteiger partial charge in [-0.05, 0) is 156 Å². The molecule has 0 N–H and O–H groups in total. The molecule has 5 aromatic carbocycles. The number of ether oxygens (including phenoxy) is 4. The predicted molar refractivity (Wildman–Crippen MR) is 333 cm³/mol. The molecule has 0 bridgehead atoms. The summed E-state index contributed by atoms with van der Waals surface area (Å²) in [6.45, 7) is 16.8. The average molecular weight is 1100 g/mol. The molecule has 0 unspecified atom stereocenters. The van der Waals surface area contributed by atoms with Crippen molar-refractivity contribution in [3.63, 3.8) is 0 Å². The van der Waals surface area contributed by atoms with Crippen LogP contribution in [-0.2, 0) is 21.4 Å². The SMILES string of the molecule is C=C(C)C(=O)Cc1ccc(-c2ccc(-c3ccc4c(c3)C(CCCCCCC)(CCCCCCC)c3cc(-c5ccc(-c6ccc(OCCCCCCCCOc7cc(OC)cc(OC(=O)C(=C)C)c7)cc6)s5)ccc3-4)s2)cc1. The summed E-state index contributed by atoms with van der Waals surface area (Å²) >= 11 is 3.74. The van der Waals surface area contributed by atoms with Crippen molar-refractivity contribution in [1.82, 2.24) is 0 Å². The number of carbonyl (C=O) groups excluding carboxylic acids is 2. The number of methoxy groups -OCH3 is 1. The van der Waals surface area contributed by atoms with Crippen LogP contribution >= 0.6 is 22.7 Å². The van der Waals surface area contributed by atoms with Crippen molar-refractivity contribution in [2.75, 3.05) is 20.3 Å². The van der Waals surface area contributed by atoms with Gasteiger partial charge in [0.25, 0.3) is 0 Å². The van der Waals surface area contributed by atoms with Gasteiger partial charge in [0.1, 0.15) is 23.0 Å². The number of allylic oxidation sites excluding steroid dienone is 1. The monoisotopic (exact) mass is 1090 g/mol. The number of esters is 1. The van der Waals surface area contributed by atoms with Gasteiger partial charge in [-0.2, -0.15) is 0 Å². The lowest BCUT2D eigenvalue weighted by atomic mass is 9.70. The van der Waals surface area contributed by atoms with E-state index in [-0.39, 0.29) is 11.2 Å². The fraction of sp³-hybridized carbons (Fsp3) is 0.380. The van der Waals surface area contributed by atoms with Crippen molar-refractivity contribution >= 4 is 34.4 Å². The lowest BCUT2D eigenvalue weighted by Gasteiger charge is -2.33. The van der Waals surface area contributed by atoms with Gasteiger partial charge in [0, 0.05) is 55.1 Å². The Labute approximate surface area is 479 Å². The van der Waals surface area contributed by atoms with Gasteiger partial charge in [-0.1, -0.05) is 165 Å². The summed E-state index contributed by atoms with van der Waals surface area (Å²) in [5.41, 5.74) is 12.8. The first-order valence-electron chi connectivity index (χ1n) is 29.2. The fourth-order valence-electron chi connectivity index (χ4n) is 11.0. The van der Waals surface area contributed by atoms with Crippen molar-refractivity contribution in [2.24, 2.45) is 0 Å². The van der Waals surface area contributed by atoms with Crippen LogP contribution < -0.4 is 18.9 Å². The molecule has 0 radical (unpaired) electrons. The lowest BCUT2D eigenvalue weighted by Crippen LogP contribution is -2.25. The summed E-state index contributed by atoms with van der Waals surface area (Å²) in [7, 11) is 1.58. The molecule has 1 aliphatic carbocycles. The van der Waals surface area contributed by atoms with Crippen LogP contribution in [0.25, 0.3) is 52.9 Å². The highest BCUT2D eigenvalue weighted by Gasteiger charge is 2.43. The second-order valence-corrected chi connectivity index (χ2v) is 23.9. The molecule has 0 saturated carbocycles. The molecule has 8 rings (SSSR count). The minimum absolute atomic E-state index is 0.0469. The molecule has 2 aromatic heterocycles. The van der Waals surface area contributed by atoms with Gasteiger partial charge in [0.2, 0.25) is 0 Å². The maximum Gasteiger partial charge on any atom is 0.338 e. The lowest BCUT2D eigenvalue weighted by molar-refractivity contribution is -0.130. The third-order valence-corrected chi connectivity index (χ3v) is 17.9. The summed E-state index contributed by atoms with van der Waals surface area (Å²) in [6.07, 6.45) is 21.9. The Bertz CT molecular complexity index is 3120. The van der Waals surface area contributed by atoms with Crippen molar-refractivity contribution in [3.05, 3.63) is 168 Å². The second-order valence-electron chi connectivity index (χ2n) is 21.7. The number of unbranched alkanes of at least 4 members (excludes halogenated alkanes) is 13.